The lowest BCUT2D eigenvalue weighted by molar-refractivity contribution is 0.669. The molecule has 0 atom stereocenters. The molecule has 3 heterocycles. The number of benzene rings is 9. The Morgan fingerprint density at radius 3 is 1.91 bits per heavy atom. The first-order chi connectivity index (χ1) is 28.7. The van der Waals surface area contributed by atoms with E-state index in [0.29, 0.717) is 17.5 Å². The van der Waals surface area contributed by atoms with Crippen LogP contribution in [0.2, 0.25) is 0 Å². The highest BCUT2D eigenvalue weighted by Gasteiger charge is 2.25. The van der Waals surface area contributed by atoms with E-state index >= 15 is 0 Å². The van der Waals surface area contributed by atoms with Crippen LogP contribution in [0.1, 0.15) is 0 Å². The molecule has 0 amide bonds. The normalized spacial score (nSPS) is 12.1. The lowest BCUT2D eigenvalue weighted by atomic mass is 9.98. The van der Waals surface area contributed by atoms with Gasteiger partial charge in [-0.1, -0.05) is 127 Å². The van der Waals surface area contributed by atoms with Crippen molar-refractivity contribution < 1.29 is 4.42 Å². The first-order valence-electron chi connectivity index (χ1n) is 19.6. The van der Waals surface area contributed by atoms with E-state index in [1.807, 2.05) is 54.6 Å². The second-order valence-electron chi connectivity index (χ2n) is 15.2. The Labute approximate surface area is 332 Å². The van der Waals surface area contributed by atoms with Gasteiger partial charge in [0.15, 0.2) is 17.5 Å². The minimum atomic E-state index is 0.598. The predicted molar refractivity (Wildman–Crippen MR) is 237 cm³/mol. The van der Waals surface area contributed by atoms with E-state index in [9.17, 15) is 0 Å². The fraction of sp³-hybridized carbons (Fsp3) is 0. The lowest BCUT2D eigenvalue weighted by Crippen LogP contribution is -2.00. The second-order valence-corrected chi connectivity index (χ2v) is 15.2. The van der Waals surface area contributed by atoms with Crippen molar-refractivity contribution in [2.24, 2.45) is 0 Å². The summed E-state index contributed by atoms with van der Waals surface area (Å²) in [5.41, 5.74) is 12.9. The summed E-state index contributed by atoms with van der Waals surface area (Å²) in [5, 5.41) is 9.48. The third kappa shape index (κ3) is 4.50. The van der Waals surface area contributed by atoms with Crippen LogP contribution in [-0.4, -0.2) is 19.5 Å². The molecule has 5 heteroatoms. The Hall–Kier alpha value is -7.89. The van der Waals surface area contributed by atoms with Crippen LogP contribution in [0, 0.1) is 0 Å². The van der Waals surface area contributed by atoms with Gasteiger partial charge in [-0.05, 0) is 98.4 Å². The maximum absolute atomic E-state index is 6.28. The van der Waals surface area contributed by atoms with Gasteiger partial charge in [-0.2, -0.15) is 0 Å². The summed E-state index contributed by atoms with van der Waals surface area (Å²) in [6, 6.07) is 64.5. The van der Waals surface area contributed by atoms with E-state index in [1.54, 1.807) is 0 Å². The average molecular weight is 739 g/mol. The maximum atomic E-state index is 6.28. The molecule has 0 fully saturated rings. The Morgan fingerprint density at radius 2 is 1.02 bits per heavy atom. The van der Waals surface area contributed by atoms with Crippen LogP contribution >= 0.6 is 0 Å². The Bertz CT molecular complexity index is 3690. The first-order valence-corrected chi connectivity index (χ1v) is 19.6. The monoisotopic (exact) mass is 738 g/mol. The summed E-state index contributed by atoms with van der Waals surface area (Å²) < 4.78 is 8.71. The van der Waals surface area contributed by atoms with Gasteiger partial charge >= 0.3 is 0 Å². The Balaban J connectivity index is 0.988. The lowest BCUT2D eigenvalue weighted by Gasteiger charge is -2.11. The smallest absolute Gasteiger partial charge is 0.164 e. The number of hydrogen-bond donors (Lipinski definition) is 0. The Kier molecular flexibility index (Phi) is 6.38. The summed E-state index contributed by atoms with van der Waals surface area (Å²) >= 11 is 0. The molecule has 0 radical (unpaired) electrons. The number of furan rings is 1. The predicted octanol–water partition coefficient (Wildman–Crippen LogP) is 13.8. The SMILES string of the molecule is c1ccc(-c2nc(-c3ccc4c(c3)oc3ccccc34)nc(-c3ccc4c5c(cccc35)-c3cc(-n5c6ccccc6c6cc7ccccc7cc65)ccc3-4)n2)cc1. The second kappa shape index (κ2) is 11.8. The van der Waals surface area contributed by atoms with E-state index in [-0.39, 0.29) is 0 Å². The van der Waals surface area contributed by atoms with Gasteiger partial charge in [0.05, 0.1) is 11.0 Å². The van der Waals surface area contributed by atoms with E-state index < -0.39 is 0 Å². The van der Waals surface area contributed by atoms with E-state index in [1.165, 1.54) is 60.2 Å². The summed E-state index contributed by atoms with van der Waals surface area (Å²) in [7, 11) is 0. The molecule has 5 nitrogen and oxygen atoms in total. The zero-order valence-electron chi connectivity index (χ0n) is 31.0. The highest BCUT2D eigenvalue weighted by molar-refractivity contribution is 6.19. The molecule has 0 aliphatic heterocycles. The van der Waals surface area contributed by atoms with E-state index in [0.717, 1.165) is 49.7 Å². The van der Waals surface area contributed by atoms with Crippen LogP contribution < -0.4 is 0 Å². The molecule has 12 aromatic rings. The third-order valence-corrected chi connectivity index (χ3v) is 12.0. The molecule has 1 aliphatic carbocycles. The summed E-state index contributed by atoms with van der Waals surface area (Å²) in [6.45, 7) is 0. The van der Waals surface area contributed by atoms with Crippen molar-refractivity contribution in [1.82, 2.24) is 19.5 Å². The van der Waals surface area contributed by atoms with Crippen molar-refractivity contribution in [3.8, 4) is 62.1 Å². The minimum absolute atomic E-state index is 0.598. The van der Waals surface area contributed by atoms with Gasteiger partial charge in [-0.3, -0.25) is 0 Å². The van der Waals surface area contributed by atoms with Crippen LogP contribution in [0.15, 0.2) is 186 Å². The summed E-state index contributed by atoms with van der Waals surface area (Å²) in [4.78, 5) is 15.4. The molecule has 0 saturated carbocycles. The van der Waals surface area contributed by atoms with Gasteiger partial charge in [0, 0.05) is 43.9 Å². The van der Waals surface area contributed by atoms with Gasteiger partial charge in [0.2, 0.25) is 0 Å². The number of aromatic nitrogens is 4. The van der Waals surface area contributed by atoms with Crippen molar-refractivity contribution in [2.75, 3.05) is 0 Å². The van der Waals surface area contributed by atoms with Crippen LogP contribution in [0.25, 0.3) is 127 Å². The maximum Gasteiger partial charge on any atom is 0.164 e. The zero-order chi connectivity index (χ0) is 37.9. The molecule has 0 N–H and O–H groups in total. The van der Waals surface area contributed by atoms with Crippen LogP contribution in [0.5, 0.6) is 0 Å². The van der Waals surface area contributed by atoms with Crippen molar-refractivity contribution in [1.29, 1.82) is 0 Å². The van der Waals surface area contributed by atoms with Gasteiger partial charge in [0.25, 0.3) is 0 Å². The molecule has 0 unspecified atom stereocenters. The highest BCUT2D eigenvalue weighted by Crippen LogP contribution is 2.50. The molecular weight excluding hydrogens is 709 g/mol. The van der Waals surface area contributed by atoms with Crippen LogP contribution in [0.4, 0.5) is 0 Å². The molecule has 58 heavy (non-hydrogen) atoms. The average Bonchev–Trinajstić information content (AvgIpc) is 3.93. The number of para-hydroxylation sites is 2. The topological polar surface area (TPSA) is 56.7 Å². The van der Waals surface area contributed by atoms with Crippen molar-refractivity contribution >= 4 is 65.3 Å². The summed E-state index contributed by atoms with van der Waals surface area (Å²) in [6.07, 6.45) is 0. The molecule has 13 rings (SSSR count). The minimum Gasteiger partial charge on any atom is -0.456 e. The molecular formula is C53H30N4O. The first kappa shape index (κ1) is 31.3. The van der Waals surface area contributed by atoms with Crippen LogP contribution in [0.3, 0.4) is 0 Å². The van der Waals surface area contributed by atoms with Gasteiger partial charge < -0.3 is 8.98 Å². The number of hydrogen-bond acceptors (Lipinski definition) is 4. The molecule has 3 aromatic heterocycles. The summed E-state index contributed by atoms with van der Waals surface area (Å²) in [5.74, 6) is 1.85. The van der Waals surface area contributed by atoms with Gasteiger partial charge in [-0.15, -0.1) is 0 Å². The van der Waals surface area contributed by atoms with Crippen molar-refractivity contribution in [3.63, 3.8) is 0 Å². The largest absolute Gasteiger partial charge is 0.456 e. The van der Waals surface area contributed by atoms with Gasteiger partial charge in [0.1, 0.15) is 11.2 Å². The zero-order valence-corrected chi connectivity index (χ0v) is 31.0. The van der Waals surface area contributed by atoms with Crippen molar-refractivity contribution in [3.05, 3.63) is 182 Å². The molecule has 9 aromatic carbocycles. The standard InChI is InChI=1S/C53H30N4O/c1-2-11-31(12-3-1)51-54-52(34-21-23-39-38-16-7-9-20-48(38)58-49(39)29-34)56-53(55-51)43-26-25-42-36-24-22-35(30-44(36)41-18-10-17-40(43)50(41)42)57-46-19-8-6-15-37(46)45-27-32-13-4-5-14-33(32)28-47(45)57/h1-30H. The molecule has 0 saturated heterocycles. The van der Waals surface area contributed by atoms with Gasteiger partial charge in [-0.25, -0.2) is 15.0 Å². The fourth-order valence-corrected chi connectivity index (χ4v) is 9.32. The Morgan fingerprint density at radius 1 is 0.345 bits per heavy atom. The number of rotatable bonds is 4. The molecule has 1 aliphatic rings. The fourth-order valence-electron chi connectivity index (χ4n) is 9.32. The number of nitrogens with zero attached hydrogens (tertiary/aromatic N) is 4. The highest BCUT2D eigenvalue weighted by atomic mass is 16.3. The van der Waals surface area contributed by atoms with E-state index in [4.69, 9.17) is 19.4 Å². The molecule has 0 spiro atoms. The van der Waals surface area contributed by atoms with Crippen LogP contribution in [-0.2, 0) is 0 Å². The van der Waals surface area contributed by atoms with E-state index in [2.05, 4.69) is 132 Å². The number of fused-ring (bicyclic) bond motifs is 10. The van der Waals surface area contributed by atoms with Crippen molar-refractivity contribution in [2.45, 2.75) is 0 Å². The molecule has 268 valence electrons. The third-order valence-electron chi connectivity index (χ3n) is 12.0. The quantitative estimate of drug-likeness (QED) is 0.180. The molecule has 0 bridgehead atoms.